The molecule has 0 saturated carbocycles. The molecular weight excluding hydrogens is 638 g/mol. The predicted molar refractivity (Wildman–Crippen MR) is 202 cm³/mol. The summed E-state index contributed by atoms with van der Waals surface area (Å²) in [5.41, 5.74) is 1.67. The van der Waals surface area contributed by atoms with Gasteiger partial charge in [0.1, 0.15) is 0 Å². The van der Waals surface area contributed by atoms with Crippen LogP contribution in [0.2, 0.25) is 0 Å². The number of rotatable bonds is 8. The molecule has 0 fully saturated rings. The zero-order valence-corrected chi connectivity index (χ0v) is 28.7. The van der Waals surface area contributed by atoms with Crippen LogP contribution in [0.4, 0.5) is 0 Å². The molecule has 0 aromatic heterocycles. The third kappa shape index (κ3) is 9.98. The van der Waals surface area contributed by atoms with Crippen molar-refractivity contribution in [1.29, 1.82) is 0 Å². The summed E-state index contributed by atoms with van der Waals surface area (Å²) in [6.45, 7) is 1.86. The number of benzene rings is 6. The topological polar surface area (TPSA) is 121 Å². The Morgan fingerprint density at radius 2 is 0.521 bits per heavy atom. The van der Waals surface area contributed by atoms with E-state index in [1.54, 1.807) is 48.5 Å². The quantitative estimate of drug-likeness (QED) is 0.118. The summed E-state index contributed by atoms with van der Waals surface area (Å²) in [7, 11) is -6.91. The van der Waals surface area contributed by atoms with E-state index in [1.807, 2.05) is 140 Å². The zero-order valence-electron chi connectivity index (χ0n) is 26.7. The number of aliphatic hydroxyl groups is 2. The molecule has 0 aliphatic rings. The minimum atomic E-state index is -3.46. The normalized spacial score (nSPS) is 13.7. The van der Waals surface area contributed by atoms with Crippen molar-refractivity contribution in [2.75, 3.05) is 0 Å². The summed E-state index contributed by atoms with van der Waals surface area (Å²) in [5, 5.41) is 23.0. The molecule has 0 aliphatic heterocycles. The van der Waals surface area contributed by atoms with Crippen LogP contribution in [0.5, 0.6) is 0 Å². The van der Waals surface area contributed by atoms with Crippen LogP contribution >= 0.6 is 15.4 Å². The van der Waals surface area contributed by atoms with Gasteiger partial charge in [-0.2, -0.15) is 0 Å². The first-order chi connectivity index (χ1) is 23.1. The van der Waals surface area contributed by atoms with Gasteiger partial charge in [-0.3, -0.25) is 0 Å². The van der Waals surface area contributed by atoms with Crippen molar-refractivity contribution >= 4 is 36.7 Å². The van der Waals surface area contributed by atoms with E-state index in [0.717, 1.165) is 11.1 Å². The van der Waals surface area contributed by atoms with E-state index in [4.69, 9.17) is 0 Å². The van der Waals surface area contributed by atoms with Gasteiger partial charge < -0.3 is 10.2 Å². The monoisotopic (exact) mass is 682 g/mol. The molecule has 6 rings (SSSR count). The maximum atomic E-state index is 10.3. The van der Waals surface area contributed by atoms with Crippen LogP contribution in [0.3, 0.4) is 0 Å². The fourth-order valence-electron chi connectivity index (χ4n) is 5.10. The number of aliphatic hydroxyl groups excluding tert-OH is 2. The second-order valence-electron chi connectivity index (χ2n) is 11.4. The molecule has 2 atom stereocenters. The average molecular weight is 683 g/mol. The summed E-state index contributed by atoms with van der Waals surface area (Å²) in [5.74, 6) is -0.255. The van der Waals surface area contributed by atoms with Crippen molar-refractivity contribution in [2.24, 2.45) is 5.92 Å². The maximum absolute atomic E-state index is 10.3. The van der Waals surface area contributed by atoms with Crippen LogP contribution in [0.1, 0.15) is 30.3 Å². The molecule has 0 saturated heterocycles. The Bertz CT molecular complexity index is 1530. The van der Waals surface area contributed by atoms with Crippen LogP contribution in [-0.2, 0) is 0 Å². The first kappa shape index (κ1) is 36.8. The van der Waals surface area contributed by atoms with E-state index >= 15 is 0 Å². The molecule has 2 unspecified atom stereocenters. The molecule has 0 radical (unpaired) electrons. The second-order valence-corrected chi connectivity index (χ2v) is 16.4. The molecule has 6 nitrogen and oxygen atoms in total. The Labute approximate surface area is 283 Å². The van der Waals surface area contributed by atoms with Gasteiger partial charge >= 0.3 is 178 Å². The van der Waals surface area contributed by atoms with Gasteiger partial charge in [0.05, 0.1) is 12.2 Å². The van der Waals surface area contributed by atoms with Crippen molar-refractivity contribution in [3.63, 3.8) is 0 Å². The molecule has 250 valence electrons. The van der Waals surface area contributed by atoms with Gasteiger partial charge in [-0.05, 0) is 11.1 Å². The third-order valence-corrected chi connectivity index (χ3v) is 12.5. The standard InChI is InChI=1S/C16H18O2.2C12H13O2P/c1-12(15(17)13-8-4-2-5-9-13)16(18)14-10-6-3-7-11-14;2*13-15(14,11-7-3-1-4-8-11)12-9-5-2-6-10-12/h2-12,15-18H,1H3;2*1-10,13-15H. The number of hydrogen-bond donors (Lipinski definition) is 6. The van der Waals surface area contributed by atoms with E-state index in [2.05, 4.69) is 0 Å². The fourth-order valence-corrected chi connectivity index (χ4v) is 8.39. The summed E-state index contributed by atoms with van der Waals surface area (Å²) in [4.78, 5) is 40.6. The van der Waals surface area contributed by atoms with E-state index in [1.165, 1.54) is 0 Å². The molecule has 6 aromatic rings. The van der Waals surface area contributed by atoms with Gasteiger partial charge in [-0.15, -0.1) is 0 Å². The first-order valence-corrected chi connectivity index (χ1v) is 19.5. The molecular formula is C40H44O6P2. The van der Waals surface area contributed by atoms with Gasteiger partial charge in [0, 0.05) is 5.92 Å². The van der Waals surface area contributed by atoms with Crippen LogP contribution < -0.4 is 21.2 Å². The Hall–Kier alpha value is -4.06. The van der Waals surface area contributed by atoms with E-state index in [9.17, 15) is 29.8 Å². The molecule has 48 heavy (non-hydrogen) atoms. The number of hydrogen-bond acceptors (Lipinski definition) is 6. The fraction of sp³-hybridized carbons (Fsp3) is 0.100. The predicted octanol–water partition coefficient (Wildman–Crippen LogP) is 5.49. The van der Waals surface area contributed by atoms with Gasteiger partial charge in [-0.1, -0.05) is 67.6 Å². The minimum absolute atomic E-state index is 0.255. The van der Waals surface area contributed by atoms with Gasteiger partial charge in [-0.25, -0.2) is 0 Å². The van der Waals surface area contributed by atoms with Crippen LogP contribution in [0.25, 0.3) is 0 Å². The van der Waals surface area contributed by atoms with E-state index in [0.29, 0.717) is 21.2 Å². The molecule has 6 aromatic carbocycles. The molecule has 0 bridgehead atoms. The van der Waals surface area contributed by atoms with E-state index < -0.39 is 27.6 Å². The second kappa shape index (κ2) is 17.9. The van der Waals surface area contributed by atoms with Crippen molar-refractivity contribution in [3.05, 3.63) is 193 Å². The average Bonchev–Trinajstić information content (AvgIpc) is 3.16. The third-order valence-electron chi connectivity index (χ3n) is 7.98. The SMILES string of the molecule is CC(C(O)c1ccccc1)C(O)c1ccccc1.O[PH](O)(c1ccccc1)c1ccccc1.O[PH](O)(c1ccccc1)c1ccccc1. The summed E-state index contributed by atoms with van der Waals surface area (Å²) in [6, 6.07) is 54.8. The van der Waals surface area contributed by atoms with Crippen molar-refractivity contribution < 1.29 is 29.8 Å². The molecule has 0 aliphatic carbocycles. The molecule has 0 heterocycles. The summed E-state index contributed by atoms with van der Waals surface area (Å²) >= 11 is 0. The van der Waals surface area contributed by atoms with Crippen molar-refractivity contribution in [1.82, 2.24) is 0 Å². The molecule has 8 heteroatoms. The van der Waals surface area contributed by atoms with Crippen molar-refractivity contribution in [2.45, 2.75) is 19.1 Å². The van der Waals surface area contributed by atoms with Gasteiger partial charge in [0.25, 0.3) is 0 Å². The first-order valence-electron chi connectivity index (χ1n) is 15.7. The van der Waals surface area contributed by atoms with Crippen LogP contribution in [0.15, 0.2) is 182 Å². The van der Waals surface area contributed by atoms with Crippen LogP contribution in [-0.4, -0.2) is 29.8 Å². The van der Waals surface area contributed by atoms with Gasteiger partial charge in [0.15, 0.2) is 0 Å². The van der Waals surface area contributed by atoms with Gasteiger partial charge in [0.2, 0.25) is 0 Å². The Morgan fingerprint density at radius 1 is 0.333 bits per heavy atom. The Kier molecular flexibility index (Phi) is 13.7. The Balaban J connectivity index is 0.000000164. The van der Waals surface area contributed by atoms with Crippen LogP contribution in [0, 0.1) is 5.92 Å². The Morgan fingerprint density at radius 3 is 0.729 bits per heavy atom. The zero-order chi connectivity index (χ0) is 34.4. The molecule has 6 N–H and O–H groups in total. The summed E-state index contributed by atoms with van der Waals surface area (Å²) < 4.78 is 0. The molecule has 0 spiro atoms. The summed E-state index contributed by atoms with van der Waals surface area (Å²) in [6.07, 6.45) is -1.33. The molecule has 0 amide bonds. The van der Waals surface area contributed by atoms with Crippen molar-refractivity contribution in [3.8, 4) is 0 Å². The van der Waals surface area contributed by atoms with E-state index in [-0.39, 0.29) is 5.92 Å².